The van der Waals surface area contributed by atoms with E-state index in [0.717, 1.165) is 205 Å². The predicted octanol–water partition coefficient (Wildman–Crippen LogP) is 25.1. The zero-order valence-corrected chi connectivity index (χ0v) is 70.1. The van der Waals surface area contributed by atoms with Crippen molar-refractivity contribution in [3.05, 3.63) is 182 Å². The molecule has 0 radical (unpaired) electrons. The Hall–Kier alpha value is -5.84. The van der Waals surface area contributed by atoms with Crippen LogP contribution in [0.3, 0.4) is 0 Å². The molecule has 0 aromatic heterocycles. The number of aliphatic hydroxyl groups excluding tert-OH is 1. The lowest BCUT2D eigenvalue weighted by molar-refractivity contribution is -0.161. The Bertz CT molecular complexity index is 2800. The van der Waals surface area contributed by atoms with E-state index in [9.17, 15) is 43.2 Å². The molecule has 0 fully saturated rings. The first-order valence-electron chi connectivity index (χ1n) is 42.0. The molecule has 0 saturated heterocycles. The van der Waals surface area contributed by atoms with Gasteiger partial charge in [-0.2, -0.15) is 0 Å². The molecule has 5 unspecified atom stereocenters. The van der Waals surface area contributed by atoms with Crippen LogP contribution in [0.4, 0.5) is 0 Å². The Kier molecular flexibility index (Phi) is 76.9. The third-order valence-corrected chi connectivity index (χ3v) is 18.8. The van der Waals surface area contributed by atoms with Gasteiger partial charge in [-0.3, -0.25) is 37.3 Å². The summed E-state index contributed by atoms with van der Waals surface area (Å²) in [5, 5.41) is 10.7. The molecule has 0 amide bonds. The lowest BCUT2D eigenvalue weighted by Crippen LogP contribution is -2.30. The average Bonchev–Trinajstić information content (AvgIpc) is 0.899. The molecule has 17 nitrogen and oxygen atoms in total. The lowest BCUT2D eigenvalue weighted by Gasteiger charge is -2.21. The van der Waals surface area contributed by atoms with Crippen molar-refractivity contribution in [3.63, 3.8) is 0 Å². The van der Waals surface area contributed by atoms with Crippen LogP contribution in [0.1, 0.15) is 310 Å². The highest BCUT2D eigenvalue weighted by Crippen LogP contribution is 2.45. The van der Waals surface area contributed by atoms with Crippen LogP contribution in [0.25, 0.3) is 0 Å². The number of ether oxygens (including phenoxy) is 4. The summed E-state index contributed by atoms with van der Waals surface area (Å²) in [5.74, 6) is -2.32. The van der Waals surface area contributed by atoms with Crippen molar-refractivity contribution in [3.8, 4) is 0 Å². The van der Waals surface area contributed by atoms with Crippen molar-refractivity contribution in [1.29, 1.82) is 0 Å². The molecular weight excluding hydrogens is 1430 g/mol. The van der Waals surface area contributed by atoms with Gasteiger partial charge in [0.1, 0.15) is 19.3 Å². The SMILES string of the molecule is CC/C=C\C/C=C\C/C=C\C/C=C\C/C=C\C/C=C\CCC(=O)OCC(COP(=O)(O)OCC(O)COP(=O)(O)OCC(COC(=O)CCCCCCCC/C=C\C/C=C\C/C=C\C/C=C\CC)OC(=O)CCCCCCCCC/C=C\C/C=C\C/C=C\CC)OC(=O)CCCCCCC/C=C\C/C=C\CCCCC. The Labute approximate surface area is 666 Å². The van der Waals surface area contributed by atoms with E-state index in [1.807, 2.05) is 18.2 Å². The molecule has 19 heteroatoms. The summed E-state index contributed by atoms with van der Waals surface area (Å²) in [6, 6.07) is 0. The smallest absolute Gasteiger partial charge is 0.462 e. The fourth-order valence-corrected chi connectivity index (χ4v) is 12.2. The number of hydrogen-bond donors (Lipinski definition) is 3. The van der Waals surface area contributed by atoms with Crippen molar-refractivity contribution in [2.24, 2.45) is 0 Å². The predicted molar refractivity (Wildman–Crippen MR) is 454 cm³/mol. The van der Waals surface area contributed by atoms with Crippen molar-refractivity contribution in [2.75, 3.05) is 39.6 Å². The summed E-state index contributed by atoms with van der Waals surface area (Å²) >= 11 is 0. The van der Waals surface area contributed by atoms with Crippen molar-refractivity contribution in [1.82, 2.24) is 0 Å². The largest absolute Gasteiger partial charge is 0.472 e. The monoisotopic (exact) mass is 1580 g/mol. The number of esters is 4. The second-order valence-electron chi connectivity index (χ2n) is 27.3. The number of unbranched alkanes of at least 4 members (excludes halogenated alkanes) is 21. The number of phosphoric ester groups is 2. The maximum Gasteiger partial charge on any atom is 0.472 e. The Morgan fingerprint density at radius 3 is 0.782 bits per heavy atom. The number of carbonyl (C=O) groups is 4. The minimum atomic E-state index is -5.01. The van der Waals surface area contributed by atoms with Crippen LogP contribution in [0.2, 0.25) is 0 Å². The van der Waals surface area contributed by atoms with Gasteiger partial charge < -0.3 is 33.8 Å². The van der Waals surface area contributed by atoms with Gasteiger partial charge >= 0.3 is 39.5 Å². The van der Waals surface area contributed by atoms with Gasteiger partial charge in [0.05, 0.1) is 26.4 Å². The molecule has 0 bridgehead atoms. The van der Waals surface area contributed by atoms with Crippen LogP contribution in [-0.2, 0) is 65.4 Å². The third-order valence-electron chi connectivity index (χ3n) is 16.9. The highest BCUT2D eigenvalue weighted by atomic mass is 31.2. The van der Waals surface area contributed by atoms with Crippen LogP contribution in [0.5, 0.6) is 0 Å². The summed E-state index contributed by atoms with van der Waals surface area (Å²) in [6.07, 6.45) is 98.7. The van der Waals surface area contributed by atoms with E-state index in [2.05, 4.69) is 192 Å². The first-order valence-corrected chi connectivity index (χ1v) is 45.0. The Morgan fingerprint density at radius 2 is 0.491 bits per heavy atom. The molecule has 3 N–H and O–H groups in total. The van der Waals surface area contributed by atoms with Gasteiger partial charge in [0.25, 0.3) is 0 Å². The Morgan fingerprint density at radius 1 is 0.264 bits per heavy atom. The number of allylic oxidation sites excluding steroid dienone is 30. The lowest BCUT2D eigenvalue weighted by atomic mass is 10.1. The molecule has 0 aromatic rings. The molecule has 0 aliphatic carbocycles. The first kappa shape index (κ1) is 104. The molecular formula is C91H148O17P2. The fourth-order valence-electron chi connectivity index (χ4n) is 10.6. The zero-order valence-electron chi connectivity index (χ0n) is 68.4. The fraction of sp³-hybridized carbons (Fsp3) is 0.626. The van der Waals surface area contributed by atoms with E-state index in [1.54, 1.807) is 0 Å². The second-order valence-corrected chi connectivity index (χ2v) is 30.2. The number of carbonyl (C=O) groups excluding carboxylic acids is 4. The van der Waals surface area contributed by atoms with E-state index in [4.69, 9.17) is 37.0 Å². The van der Waals surface area contributed by atoms with Gasteiger partial charge in [0.2, 0.25) is 0 Å². The van der Waals surface area contributed by atoms with Crippen LogP contribution in [0, 0.1) is 0 Å². The van der Waals surface area contributed by atoms with Crippen LogP contribution < -0.4 is 0 Å². The average molecular weight is 1580 g/mol. The number of hydrogen-bond acceptors (Lipinski definition) is 15. The van der Waals surface area contributed by atoms with Gasteiger partial charge in [-0.1, -0.05) is 300 Å². The topological polar surface area (TPSA) is 237 Å². The minimum absolute atomic E-state index is 0.0271. The summed E-state index contributed by atoms with van der Waals surface area (Å²) in [7, 11) is -10.0. The molecule has 0 heterocycles. The Balaban J connectivity index is 5.48. The van der Waals surface area contributed by atoms with Gasteiger partial charge in [-0.15, -0.1) is 0 Å². The van der Waals surface area contributed by atoms with Crippen LogP contribution >= 0.6 is 15.6 Å². The summed E-state index contributed by atoms with van der Waals surface area (Å²) in [4.78, 5) is 73.2. The molecule has 0 rings (SSSR count). The molecule has 0 aliphatic heterocycles. The highest BCUT2D eigenvalue weighted by molar-refractivity contribution is 7.47. The van der Waals surface area contributed by atoms with E-state index in [0.29, 0.717) is 32.1 Å². The van der Waals surface area contributed by atoms with Crippen LogP contribution in [0.15, 0.2) is 182 Å². The summed E-state index contributed by atoms with van der Waals surface area (Å²) in [6.45, 7) is 4.39. The third kappa shape index (κ3) is 80.2. The molecule has 5 atom stereocenters. The maximum absolute atomic E-state index is 13.1. The number of rotatable bonds is 77. The van der Waals surface area contributed by atoms with Crippen LogP contribution in [-0.4, -0.2) is 96.7 Å². The molecule has 0 aromatic carbocycles. The van der Waals surface area contributed by atoms with Gasteiger partial charge in [0.15, 0.2) is 12.2 Å². The van der Waals surface area contributed by atoms with Gasteiger partial charge in [-0.05, 0) is 167 Å². The van der Waals surface area contributed by atoms with Crippen molar-refractivity contribution < 1.29 is 80.2 Å². The first-order chi connectivity index (χ1) is 53.7. The molecule has 624 valence electrons. The molecule has 0 saturated carbocycles. The molecule has 0 aliphatic rings. The van der Waals surface area contributed by atoms with E-state index in [-0.39, 0.29) is 25.7 Å². The second kappa shape index (κ2) is 81.2. The highest BCUT2D eigenvalue weighted by Gasteiger charge is 2.30. The minimum Gasteiger partial charge on any atom is -0.462 e. The maximum atomic E-state index is 13.1. The quantitative estimate of drug-likeness (QED) is 0.0169. The van der Waals surface area contributed by atoms with Gasteiger partial charge in [-0.25, -0.2) is 9.13 Å². The van der Waals surface area contributed by atoms with Gasteiger partial charge in [0, 0.05) is 25.7 Å². The van der Waals surface area contributed by atoms with E-state index < -0.39 is 97.5 Å². The molecule has 0 spiro atoms. The van der Waals surface area contributed by atoms with E-state index >= 15 is 0 Å². The summed E-state index contributed by atoms with van der Waals surface area (Å²) in [5.41, 5.74) is 0. The normalized spacial score (nSPS) is 14.7. The van der Waals surface area contributed by atoms with E-state index in [1.165, 1.54) is 19.3 Å². The van der Waals surface area contributed by atoms with Crippen molar-refractivity contribution in [2.45, 2.75) is 329 Å². The zero-order chi connectivity index (χ0) is 80.3. The molecule has 110 heavy (non-hydrogen) atoms. The summed E-state index contributed by atoms with van der Waals surface area (Å²) < 4.78 is 68.7. The number of aliphatic hydroxyl groups is 1. The number of phosphoric acid groups is 2. The standard InChI is InChI=1S/C91H148O17P2/c1-5-9-13-17-21-25-29-33-37-40-42-45-48-51-55-59-63-67-71-75-88(93)101-81-86(107-90(95)77-73-69-65-61-57-53-47-36-32-28-24-20-16-12-8-4)83-105-109(97,98)103-79-85(92)80-104-110(99,100)106-84-87(108-91(96)78-74-70-66-62-58-54-50-44-39-35-31-27-23-19-15-11-7-3)82-102-89(94)76-72-68-64-60-56-52-49-46-43-41-38-34-30-26-22-18-14-10-6-2/h9-11,13-15,21-28,33-39,42-43,45-47,51,55,63,67,85-87,92H,5-8,12,16-20,29-32,40-41,44,48-50,52-54,56-62,64-66,68-84H2,1-4H3,(H,97,98)(H,99,100)/b13-9-,14-10-,15-11-,25-21-,26-22-,27-23-,28-24-,37-33-,38-34-,39-35-,45-42-,46-43-,47-36-,55-51-,67-63-. The van der Waals surface area contributed by atoms with Crippen molar-refractivity contribution >= 4 is 39.5 Å².